The van der Waals surface area contributed by atoms with Crippen LogP contribution in [0.25, 0.3) is 0 Å². The quantitative estimate of drug-likeness (QED) is 0.615. The van der Waals surface area contributed by atoms with Crippen LogP contribution in [0.3, 0.4) is 0 Å². The summed E-state index contributed by atoms with van der Waals surface area (Å²) in [6.07, 6.45) is 0.358. The Hall–Kier alpha value is -1.44. The fourth-order valence-corrected chi connectivity index (χ4v) is 2.51. The third-order valence-corrected chi connectivity index (χ3v) is 3.57. The van der Waals surface area contributed by atoms with Crippen LogP contribution in [0.4, 0.5) is 0 Å². The van der Waals surface area contributed by atoms with Gasteiger partial charge in [-0.3, -0.25) is 0 Å². The Morgan fingerprint density at radius 1 is 1.22 bits per heavy atom. The summed E-state index contributed by atoms with van der Waals surface area (Å²) in [7, 11) is -3.45. The fraction of sp³-hybridized carbons (Fsp3) is 0.364. The molecule has 6 nitrogen and oxygen atoms in total. The van der Waals surface area contributed by atoms with Gasteiger partial charge < -0.3 is 10.2 Å². The van der Waals surface area contributed by atoms with E-state index in [0.29, 0.717) is 12.0 Å². The number of aliphatic hydroxyl groups is 1. The van der Waals surface area contributed by atoms with Crippen molar-refractivity contribution >= 4 is 16.0 Å². The molecule has 0 aliphatic carbocycles. The summed E-state index contributed by atoms with van der Waals surface area (Å²) in [6, 6.07) is 5.66. The summed E-state index contributed by atoms with van der Waals surface area (Å²) in [5.41, 5.74) is 0.626. The van der Waals surface area contributed by atoms with Gasteiger partial charge in [0.05, 0.1) is 11.3 Å². The lowest BCUT2D eigenvalue weighted by molar-refractivity contribution is 0.0697. The van der Waals surface area contributed by atoms with Crippen LogP contribution in [0.1, 0.15) is 22.3 Å². The Morgan fingerprint density at radius 2 is 1.83 bits per heavy atom. The van der Waals surface area contributed by atoms with Crippen LogP contribution in [0, 0.1) is 0 Å². The number of benzene rings is 1. The molecule has 0 radical (unpaired) electrons. The number of nitrogens with one attached hydrogen (secondary N) is 1. The molecule has 0 aliphatic heterocycles. The van der Waals surface area contributed by atoms with Gasteiger partial charge in [-0.2, -0.15) is 0 Å². The number of sulfonamides is 1. The van der Waals surface area contributed by atoms with Crippen molar-refractivity contribution in [2.45, 2.75) is 12.2 Å². The predicted molar refractivity (Wildman–Crippen MR) is 65.7 cm³/mol. The molecule has 1 rings (SSSR count). The summed E-state index contributed by atoms with van der Waals surface area (Å²) in [5.74, 6) is -1.26. The van der Waals surface area contributed by atoms with Crippen molar-refractivity contribution in [3.63, 3.8) is 0 Å². The molecule has 0 saturated heterocycles. The smallest absolute Gasteiger partial charge is 0.335 e. The number of carboxylic acids is 1. The summed E-state index contributed by atoms with van der Waals surface area (Å²) in [6.45, 7) is 0.113. The van der Waals surface area contributed by atoms with Crippen LogP contribution >= 0.6 is 0 Å². The molecule has 0 amide bonds. The second-order valence-corrected chi connectivity index (χ2v) is 5.54. The van der Waals surface area contributed by atoms with E-state index in [1.807, 2.05) is 0 Å². The number of carboxylic acid groups (broad SMARTS) is 1. The largest absolute Gasteiger partial charge is 0.478 e. The second-order valence-electron chi connectivity index (χ2n) is 3.73. The van der Waals surface area contributed by atoms with Crippen molar-refractivity contribution in [2.24, 2.45) is 0 Å². The summed E-state index contributed by atoms with van der Waals surface area (Å²) in [4.78, 5) is 10.6. The van der Waals surface area contributed by atoms with Gasteiger partial charge in [0, 0.05) is 13.2 Å². The Balaban J connectivity index is 2.63. The average molecular weight is 273 g/mol. The predicted octanol–water partition coefficient (Wildman–Crippen LogP) is 0.187. The number of rotatable bonds is 7. The molecule has 0 saturated carbocycles. The van der Waals surface area contributed by atoms with Crippen molar-refractivity contribution < 1.29 is 23.4 Å². The molecule has 0 unspecified atom stereocenters. The van der Waals surface area contributed by atoms with E-state index in [1.165, 1.54) is 24.3 Å². The van der Waals surface area contributed by atoms with Gasteiger partial charge in [-0.05, 0) is 24.1 Å². The zero-order valence-corrected chi connectivity index (χ0v) is 10.5. The maximum Gasteiger partial charge on any atom is 0.335 e. The minimum Gasteiger partial charge on any atom is -0.478 e. The van der Waals surface area contributed by atoms with Crippen LogP contribution in [0.2, 0.25) is 0 Å². The molecule has 100 valence electrons. The highest BCUT2D eigenvalue weighted by Crippen LogP contribution is 2.07. The fourth-order valence-electron chi connectivity index (χ4n) is 1.32. The number of hydrogen-bond donors (Lipinski definition) is 3. The number of carbonyl (C=O) groups is 1. The topological polar surface area (TPSA) is 104 Å². The van der Waals surface area contributed by atoms with E-state index < -0.39 is 16.0 Å². The molecule has 0 heterocycles. The van der Waals surface area contributed by atoms with Crippen LogP contribution < -0.4 is 4.72 Å². The maximum absolute atomic E-state index is 11.6. The second kappa shape index (κ2) is 6.48. The molecular formula is C11H15NO5S. The third kappa shape index (κ3) is 4.82. The first-order chi connectivity index (χ1) is 8.44. The van der Waals surface area contributed by atoms with Crippen molar-refractivity contribution in [1.29, 1.82) is 0 Å². The van der Waals surface area contributed by atoms with Crippen LogP contribution in [-0.2, 0) is 15.8 Å². The summed E-state index contributed by atoms with van der Waals surface area (Å²) >= 11 is 0. The van der Waals surface area contributed by atoms with Gasteiger partial charge in [0.15, 0.2) is 0 Å². The molecule has 7 heteroatoms. The Morgan fingerprint density at radius 3 is 2.33 bits per heavy atom. The Bertz CT molecular complexity index is 495. The molecule has 18 heavy (non-hydrogen) atoms. The zero-order valence-electron chi connectivity index (χ0n) is 9.67. The van der Waals surface area contributed by atoms with E-state index in [1.54, 1.807) is 0 Å². The minimum absolute atomic E-state index is 0.0736. The highest BCUT2D eigenvalue weighted by molar-refractivity contribution is 7.88. The SMILES string of the molecule is O=C(O)c1ccc(CS(=O)(=O)NCCCO)cc1. The Labute approximate surface area is 105 Å². The summed E-state index contributed by atoms with van der Waals surface area (Å²) < 4.78 is 25.5. The first-order valence-corrected chi connectivity index (χ1v) is 7.00. The molecule has 0 aliphatic rings. The molecule has 1 aromatic rings. The normalized spacial score (nSPS) is 11.4. The molecule has 0 aromatic heterocycles. The van der Waals surface area contributed by atoms with Crippen LogP contribution in [0.5, 0.6) is 0 Å². The van der Waals surface area contributed by atoms with Gasteiger partial charge >= 0.3 is 5.97 Å². The lowest BCUT2D eigenvalue weighted by Gasteiger charge is -2.06. The van der Waals surface area contributed by atoms with E-state index in [-0.39, 0.29) is 24.5 Å². The standard InChI is InChI=1S/C11H15NO5S/c13-7-1-6-12-18(16,17)8-9-2-4-10(5-3-9)11(14)15/h2-5,12-13H,1,6-8H2,(H,14,15). The lowest BCUT2D eigenvalue weighted by Crippen LogP contribution is -2.26. The van der Waals surface area contributed by atoms with E-state index in [0.717, 1.165) is 0 Å². The third-order valence-electron chi connectivity index (χ3n) is 2.21. The zero-order chi connectivity index (χ0) is 13.6. The van der Waals surface area contributed by atoms with Crippen molar-refractivity contribution in [2.75, 3.05) is 13.2 Å². The van der Waals surface area contributed by atoms with Gasteiger partial charge in [0.1, 0.15) is 0 Å². The van der Waals surface area contributed by atoms with Crippen LogP contribution in [-0.4, -0.2) is 37.8 Å². The molecule has 0 fully saturated rings. The van der Waals surface area contributed by atoms with E-state index >= 15 is 0 Å². The van der Waals surface area contributed by atoms with E-state index in [2.05, 4.69) is 4.72 Å². The van der Waals surface area contributed by atoms with Crippen molar-refractivity contribution in [1.82, 2.24) is 4.72 Å². The van der Waals surface area contributed by atoms with Gasteiger partial charge in [-0.15, -0.1) is 0 Å². The van der Waals surface area contributed by atoms with Gasteiger partial charge in [-0.25, -0.2) is 17.9 Å². The number of aliphatic hydroxyl groups excluding tert-OH is 1. The van der Waals surface area contributed by atoms with E-state index in [4.69, 9.17) is 10.2 Å². The van der Waals surface area contributed by atoms with Gasteiger partial charge in [-0.1, -0.05) is 12.1 Å². The molecule has 0 spiro atoms. The maximum atomic E-state index is 11.6. The van der Waals surface area contributed by atoms with Gasteiger partial charge in [0.2, 0.25) is 10.0 Å². The molecule has 0 atom stereocenters. The average Bonchev–Trinajstić information content (AvgIpc) is 2.29. The Kier molecular flexibility index (Phi) is 5.26. The lowest BCUT2D eigenvalue weighted by atomic mass is 10.1. The monoisotopic (exact) mass is 273 g/mol. The number of aromatic carboxylic acids is 1. The molecular weight excluding hydrogens is 258 g/mol. The van der Waals surface area contributed by atoms with Crippen LogP contribution in [0.15, 0.2) is 24.3 Å². The molecule has 1 aromatic carbocycles. The first-order valence-electron chi connectivity index (χ1n) is 5.35. The highest BCUT2D eigenvalue weighted by Gasteiger charge is 2.11. The minimum atomic E-state index is -3.45. The molecule has 0 bridgehead atoms. The van der Waals surface area contributed by atoms with Crippen molar-refractivity contribution in [3.8, 4) is 0 Å². The first kappa shape index (κ1) is 14.6. The van der Waals surface area contributed by atoms with Crippen molar-refractivity contribution in [3.05, 3.63) is 35.4 Å². The summed E-state index contributed by atoms with van der Waals surface area (Å²) in [5, 5.41) is 17.2. The molecule has 3 N–H and O–H groups in total. The van der Waals surface area contributed by atoms with Gasteiger partial charge in [0.25, 0.3) is 0 Å². The number of hydrogen-bond acceptors (Lipinski definition) is 4. The van der Waals surface area contributed by atoms with E-state index in [9.17, 15) is 13.2 Å². The highest BCUT2D eigenvalue weighted by atomic mass is 32.2.